The van der Waals surface area contributed by atoms with Crippen LogP contribution in [0.5, 0.6) is 0 Å². The number of ether oxygens (including phenoxy) is 2. The van der Waals surface area contributed by atoms with Crippen LogP contribution in [0.4, 0.5) is 0 Å². The Hall–Kier alpha value is -1.14. The van der Waals surface area contributed by atoms with Gasteiger partial charge in [0.1, 0.15) is 6.10 Å². The van der Waals surface area contributed by atoms with Crippen molar-refractivity contribution >= 4 is 11.9 Å². The summed E-state index contributed by atoms with van der Waals surface area (Å²) in [6.45, 7) is 3.36. The van der Waals surface area contributed by atoms with Gasteiger partial charge >= 0.3 is 5.97 Å². The van der Waals surface area contributed by atoms with Crippen molar-refractivity contribution in [2.24, 2.45) is 0 Å². The van der Waals surface area contributed by atoms with Crippen LogP contribution in [0.15, 0.2) is 0 Å². The van der Waals surface area contributed by atoms with Gasteiger partial charge in [0.15, 0.2) is 0 Å². The van der Waals surface area contributed by atoms with Crippen LogP contribution in [0.25, 0.3) is 0 Å². The molecule has 2 atom stereocenters. The van der Waals surface area contributed by atoms with Crippen LogP contribution in [0.2, 0.25) is 0 Å². The Bertz CT molecular complexity index is 315. The third-order valence-electron chi connectivity index (χ3n) is 3.41. The average molecular weight is 287 g/mol. The monoisotopic (exact) mass is 287 g/mol. The first kappa shape index (κ1) is 16.9. The molecule has 6 nitrogen and oxygen atoms in total. The van der Waals surface area contributed by atoms with E-state index >= 15 is 0 Å². The Kier molecular flexibility index (Phi) is 7.54. The van der Waals surface area contributed by atoms with Crippen LogP contribution in [0, 0.1) is 0 Å². The number of hydrogen-bond acceptors (Lipinski definition) is 4. The summed E-state index contributed by atoms with van der Waals surface area (Å²) in [4.78, 5) is 23.9. The lowest BCUT2D eigenvalue weighted by atomic mass is 10.1. The molecule has 1 fully saturated rings. The molecule has 116 valence electrons. The minimum absolute atomic E-state index is 0.0722. The fourth-order valence-electron chi connectivity index (χ4n) is 2.15. The highest BCUT2D eigenvalue weighted by molar-refractivity contribution is 5.80. The van der Waals surface area contributed by atoms with Crippen LogP contribution in [0.1, 0.15) is 39.0 Å². The molecule has 1 rings (SSSR count). The van der Waals surface area contributed by atoms with E-state index in [-0.39, 0.29) is 18.4 Å². The number of rotatable bonds is 8. The molecule has 6 heteroatoms. The zero-order valence-electron chi connectivity index (χ0n) is 12.3. The van der Waals surface area contributed by atoms with Gasteiger partial charge in [0.25, 0.3) is 5.91 Å². The first-order valence-electron chi connectivity index (χ1n) is 7.20. The largest absolute Gasteiger partial charge is 0.481 e. The highest BCUT2D eigenvalue weighted by Gasteiger charge is 2.21. The lowest BCUT2D eigenvalue weighted by Gasteiger charge is -2.25. The molecule has 0 spiro atoms. The summed E-state index contributed by atoms with van der Waals surface area (Å²) in [5.74, 6) is -0.962. The fraction of sp³-hybridized carbons (Fsp3) is 0.857. The highest BCUT2D eigenvalue weighted by atomic mass is 16.5. The number of carboxylic acids is 1. The molecule has 1 N–H and O–H groups in total. The number of amides is 1. The summed E-state index contributed by atoms with van der Waals surface area (Å²) in [6.07, 6.45) is 3.32. The number of likely N-dealkylation sites (N-methyl/N-ethyl adjacent to an activating group) is 1. The van der Waals surface area contributed by atoms with Crippen LogP contribution < -0.4 is 0 Å². The second-order valence-electron chi connectivity index (χ2n) is 5.22. The van der Waals surface area contributed by atoms with Crippen molar-refractivity contribution in [2.45, 2.75) is 51.2 Å². The molecule has 0 aromatic carbocycles. The number of hydrogen-bond donors (Lipinski definition) is 1. The Morgan fingerprint density at radius 3 is 2.80 bits per heavy atom. The number of aliphatic carboxylic acids is 1. The molecule has 1 heterocycles. The average Bonchev–Trinajstić information content (AvgIpc) is 2.44. The van der Waals surface area contributed by atoms with Gasteiger partial charge in [-0.2, -0.15) is 0 Å². The fourth-order valence-corrected chi connectivity index (χ4v) is 2.15. The number of nitrogens with zero attached hydrogens (tertiary/aromatic N) is 1. The summed E-state index contributed by atoms with van der Waals surface area (Å²) in [5, 5.41) is 8.56. The van der Waals surface area contributed by atoms with Crippen LogP contribution in [0.3, 0.4) is 0 Å². The Morgan fingerprint density at radius 1 is 1.45 bits per heavy atom. The predicted octanol–water partition coefficient (Wildman–Crippen LogP) is 1.28. The molecule has 1 aliphatic heterocycles. The second kappa shape index (κ2) is 8.92. The van der Waals surface area contributed by atoms with E-state index in [0.29, 0.717) is 19.6 Å². The molecule has 0 radical (unpaired) electrons. The minimum atomic E-state index is -0.843. The normalized spacial score (nSPS) is 20.4. The molecule has 0 saturated carbocycles. The lowest BCUT2D eigenvalue weighted by Crippen LogP contribution is -2.38. The van der Waals surface area contributed by atoms with Crippen LogP contribution in [-0.2, 0) is 19.1 Å². The summed E-state index contributed by atoms with van der Waals surface area (Å²) in [5.41, 5.74) is 0. The van der Waals surface area contributed by atoms with Gasteiger partial charge in [0, 0.05) is 26.6 Å². The number of carboxylic acid groups (broad SMARTS) is 1. The third kappa shape index (κ3) is 6.34. The molecule has 0 aromatic rings. The molecule has 0 bridgehead atoms. The van der Waals surface area contributed by atoms with Crippen LogP contribution in [-0.4, -0.2) is 60.9 Å². The number of carbonyl (C=O) groups is 2. The van der Waals surface area contributed by atoms with Gasteiger partial charge in [-0.15, -0.1) is 0 Å². The van der Waals surface area contributed by atoms with E-state index in [1.807, 2.05) is 0 Å². The van der Waals surface area contributed by atoms with Gasteiger partial charge < -0.3 is 19.5 Å². The summed E-state index contributed by atoms with van der Waals surface area (Å²) in [7, 11) is 1.67. The first-order valence-corrected chi connectivity index (χ1v) is 7.20. The van der Waals surface area contributed by atoms with Crippen molar-refractivity contribution in [2.75, 3.05) is 26.8 Å². The van der Waals surface area contributed by atoms with E-state index in [9.17, 15) is 9.59 Å². The molecule has 0 aliphatic carbocycles. The minimum Gasteiger partial charge on any atom is -0.481 e. The molecule has 1 aliphatic rings. The Balaban J connectivity index is 2.21. The lowest BCUT2D eigenvalue weighted by molar-refractivity contribution is -0.145. The van der Waals surface area contributed by atoms with E-state index < -0.39 is 12.1 Å². The summed E-state index contributed by atoms with van der Waals surface area (Å²) < 4.78 is 11.1. The topological polar surface area (TPSA) is 76.1 Å². The van der Waals surface area contributed by atoms with Gasteiger partial charge in [-0.1, -0.05) is 0 Å². The molecular weight excluding hydrogens is 262 g/mol. The van der Waals surface area contributed by atoms with Gasteiger partial charge in [0.05, 0.1) is 12.7 Å². The maximum Gasteiger partial charge on any atom is 0.303 e. The van der Waals surface area contributed by atoms with E-state index in [1.165, 1.54) is 4.90 Å². The second-order valence-corrected chi connectivity index (χ2v) is 5.22. The molecule has 20 heavy (non-hydrogen) atoms. The molecule has 2 unspecified atom stereocenters. The zero-order chi connectivity index (χ0) is 15.0. The first-order chi connectivity index (χ1) is 9.50. The summed E-state index contributed by atoms with van der Waals surface area (Å²) >= 11 is 0. The van der Waals surface area contributed by atoms with Gasteiger partial charge in [0.2, 0.25) is 0 Å². The van der Waals surface area contributed by atoms with Gasteiger partial charge in [-0.3, -0.25) is 9.59 Å². The molecular formula is C14H25NO5. The van der Waals surface area contributed by atoms with Crippen molar-refractivity contribution in [1.82, 2.24) is 4.90 Å². The van der Waals surface area contributed by atoms with Crippen molar-refractivity contribution in [3.63, 3.8) is 0 Å². The maximum absolute atomic E-state index is 12.0. The van der Waals surface area contributed by atoms with Crippen molar-refractivity contribution in [1.29, 1.82) is 0 Å². The summed E-state index contributed by atoms with van der Waals surface area (Å²) in [6, 6.07) is 0. The predicted molar refractivity (Wildman–Crippen MR) is 73.5 cm³/mol. The Labute approximate surface area is 120 Å². The van der Waals surface area contributed by atoms with E-state index in [2.05, 4.69) is 0 Å². The third-order valence-corrected chi connectivity index (χ3v) is 3.41. The van der Waals surface area contributed by atoms with Crippen molar-refractivity contribution in [3.05, 3.63) is 0 Å². The molecule has 1 saturated heterocycles. The highest BCUT2D eigenvalue weighted by Crippen LogP contribution is 2.13. The SMILES string of the molecule is CC(OCC1CCCCO1)C(=O)N(C)CCCC(=O)O. The standard InChI is InChI=1S/C14H25NO5/c1-11(20-10-12-6-3-4-9-19-12)14(18)15(2)8-5-7-13(16)17/h11-12H,3-10H2,1-2H3,(H,16,17). The van der Waals surface area contributed by atoms with E-state index in [1.54, 1.807) is 14.0 Å². The zero-order valence-corrected chi connectivity index (χ0v) is 12.3. The van der Waals surface area contributed by atoms with Crippen molar-refractivity contribution in [3.8, 4) is 0 Å². The quantitative estimate of drug-likeness (QED) is 0.728. The molecule has 0 aromatic heterocycles. The van der Waals surface area contributed by atoms with Gasteiger partial charge in [-0.25, -0.2) is 0 Å². The number of carbonyl (C=O) groups excluding carboxylic acids is 1. The van der Waals surface area contributed by atoms with E-state index in [0.717, 1.165) is 25.9 Å². The van der Waals surface area contributed by atoms with Gasteiger partial charge in [-0.05, 0) is 32.6 Å². The maximum atomic E-state index is 12.0. The Morgan fingerprint density at radius 2 is 2.20 bits per heavy atom. The van der Waals surface area contributed by atoms with Crippen LogP contribution >= 0.6 is 0 Å². The smallest absolute Gasteiger partial charge is 0.303 e. The van der Waals surface area contributed by atoms with Crippen molar-refractivity contribution < 1.29 is 24.2 Å². The molecule has 1 amide bonds. The van der Waals surface area contributed by atoms with E-state index in [4.69, 9.17) is 14.6 Å².